The van der Waals surface area contributed by atoms with E-state index in [-0.39, 0.29) is 0 Å². The number of hydrogen-bond donors (Lipinski definition) is 0. The normalized spacial score (nSPS) is 13.9. The molecule has 3 heterocycles. The van der Waals surface area contributed by atoms with Gasteiger partial charge in [0.05, 0.1) is 16.7 Å². The second-order valence-corrected chi connectivity index (χ2v) is 18.2. The van der Waals surface area contributed by atoms with Crippen molar-refractivity contribution in [2.24, 2.45) is 15.0 Å². The predicted molar refractivity (Wildman–Crippen MR) is 249 cm³/mol. The molecule has 1 aliphatic rings. The molecule has 0 unspecified atom stereocenters. The topological polar surface area (TPSA) is 42.0 Å². The number of para-hydroxylation sites is 2. The van der Waals surface area contributed by atoms with Crippen molar-refractivity contribution in [3.63, 3.8) is 0 Å². The van der Waals surface area contributed by atoms with E-state index >= 15 is 0 Å². The number of thiophene rings is 1. The van der Waals surface area contributed by atoms with Gasteiger partial charge < -0.3 is 0 Å². The zero-order valence-corrected chi connectivity index (χ0v) is 35.6. The van der Waals surface area contributed by atoms with Crippen molar-refractivity contribution in [3.05, 3.63) is 217 Å². The summed E-state index contributed by atoms with van der Waals surface area (Å²) in [5.74, 6) is 0.600. The van der Waals surface area contributed by atoms with E-state index in [1.165, 1.54) is 43.7 Å². The Bertz CT molecular complexity index is 3220. The van der Waals surface area contributed by atoms with Crippen LogP contribution in [0.4, 0.5) is 0 Å². The molecule has 6 heteroatoms. The molecule has 7 aromatic carbocycles. The van der Waals surface area contributed by atoms with Crippen LogP contribution in [0.15, 0.2) is 201 Å². The fraction of sp³-hybridized carbons (Fsp3) is 0.0377. The average Bonchev–Trinajstić information content (AvgIpc) is 3.96. The van der Waals surface area contributed by atoms with Gasteiger partial charge in [0.1, 0.15) is 0 Å². The molecule has 1 aliphatic heterocycles. The van der Waals surface area contributed by atoms with Gasteiger partial charge in [0.2, 0.25) is 5.96 Å². The molecule has 0 bridgehead atoms. The third-order valence-electron chi connectivity index (χ3n) is 10.8. The van der Waals surface area contributed by atoms with Gasteiger partial charge in [-0.3, -0.25) is 4.57 Å². The molecule has 0 aliphatic carbocycles. The van der Waals surface area contributed by atoms with E-state index in [4.69, 9.17) is 15.0 Å². The van der Waals surface area contributed by atoms with Crippen LogP contribution in [0.25, 0.3) is 58.9 Å². The van der Waals surface area contributed by atoms with E-state index in [0.717, 1.165) is 56.0 Å². The summed E-state index contributed by atoms with van der Waals surface area (Å²) < 4.78 is 7.32. The second kappa shape index (κ2) is 15.7. The number of nitrogens with zero attached hydrogens (tertiary/aromatic N) is 4. The van der Waals surface area contributed by atoms with Crippen molar-refractivity contribution in [2.45, 2.75) is 13.8 Å². The zero-order chi connectivity index (χ0) is 39.9. The maximum absolute atomic E-state index is 5.45. The quantitative estimate of drug-likeness (QED) is 0.0869. The van der Waals surface area contributed by atoms with Crippen LogP contribution in [-0.4, -0.2) is 22.5 Å². The number of allylic oxidation sites excluding steroid dienone is 3. The Labute approximate surface area is 357 Å². The molecule has 0 radical (unpaired) electrons. The van der Waals surface area contributed by atoms with Crippen molar-refractivity contribution in [1.82, 2.24) is 4.57 Å². The molecule has 2 aromatic heterocycles. The van der Waals surface area contributed by atoms with Gasteiger partial charge in [-0.05, 0) is 24.6 Å². The summed E-state index contributed by atoms with van der Waals surface area (Å²) in [7, 11) is 0. The number of benzene rings is 7. The minimum absolute atomic E-state index is 0.415. The minimum atomic E-state index is -0.415. The molecule has 284 valence electrons. The van der Waals surface area contributed by atoms with E-state index in [9.17, 15) is 0 Å². The first kappa shape index (κ1) is 36.8. The van der Waals surface area contributed by atoms with Gasteiger partial charge in [0, 0.05) is 10.8 Å². The van der Waals surface area contributed by atoms with Gasteiger partial charge in [0.15, 0.2) is 0 Å². The summed E-state index contributed by atoms with van der Waals surface area (Å²) in [6.07, 6.45) is 4.00. The van der Waals surface area contributed by atoms with Crippen LogP contribution in [-0.2, 0) is 0 Å². The standard InChI is InChI=1S/C53H38IN4S/c1-4-46(38-20-9-6-10-21-38)57-53(58-47-28-15-12-22-40(47)41-23-13-16-29-48(41)58)55-33-36-30-31-49-44(32-36)42-26-17-25-39(52(42)59-49)35(3)56-51-43-24-11-14-27-45(43)54-50(51)34(2)37-18-7-5-8-19-37/h4-33H,2H2,1,3H3/q-1/b46-4+,55-33?,56-35?,57-53?. The molecule has 10 rings (SSSR count). The van der Waals surface area contributed by atoms with E-state index < -0.39 is 21.2 Å². The van der Waals surface area contributed by atoms with Crippen LogP contribution in [0.3, 0.4) is 0 Å². The van der Waals surface area contributed by atoms with Gasteiger partial charge >= 0.3 is 220 Å². The molecular weight excluding hydrogens is 852 g/mol. The summed E-state index contributed by atoms with van der Waals surface area (Å²) in [5, 5.41) is 4.75. The molecule has 59 heavy (non-hydrogen) atoms. The number of rotatable bonds is 7. The third-order valence-corrected chi connectivity index (χ3v) is 15.2. The van der Waals surface area contributed by atoms with Crippen LogP contribution < -0.4 is 21.2 Å². The number of fused-ring (bicyclic) bond motifs is 7. The molecule has 0 saturated heterocycles. The molecule has 4 nitrogen and oxygen atoms in total. The summed E-state index contributed by atoms with van der Waals surface area (Å²) in [4.78, 5) is 15.9. The predicted octanol–water partition coefficient (Wildman–Crippen LogP) is 10.7. The fourth-order valence-corrected chi connectivity index (χ4v) is 12.2. The first-order valence-corrected chi connectivity index (χ1v) is 22.6. The van der Waals surface area contributed by atoms with Crippen molar-refractivity contribution in [1.29, 1.82) is 0 Å². The summed E-state index contributed by atoms with van der Waals surface area (Å²) in [6.45, 7) is 8.76. The SMILES string of the molecule is C=C(C1=C(N=C(C)c2cccc3c2sc2ccc(C=NC(=N/C(=C/C)c4ccccc4)n4c5ccccc5c5ccccc54)cc23)c2ccccc2[I-]1)c1ccccc1. The molecule has 0 N–H and O–H groups in total. The number of aliphatic imine (C=N–C) groups is 3. The summed E-state index contributed by atoms with van der Waals surface area (Å²) >= 11 is 1.40. The Hall–Kier alpha value is -6.48. The van der Waals surface area contributed by atoms with Gasteiger partial charge in [-0.25, -0.2) is 4.99 Å². The van der Waals surface area contributed by atoms with E-state index in [1.807, 2.05) is 42.7 Å². The second-order valence-electron chi connectivity index (χ2n) is 14.4. The summed E-state index contributed by atoms with van der Waals surface area (Å²) in [5.41, 5.74) is 11.7. The molecular formula is C53H38IN4S-. The monoisotopic (exact) mass is 889 g/mol. The van der Waals surface area contributed by atoms with Crippen molar-refractivity contribution in [3.8, 4) is 0 Å². The Morgan fingerprint density at radius 2 is 1.31 bits per heavy atom. The van der Waals surface area contributed by atoms with Crippen LogP contribution in [0.1, 0.15) is 41.7 Å². The van der Waals surface area contributed by atoms with Gasteiger partial charge in [-0.1, -0.05) is 72.8 Å². The first-order chi connectivity index (χ1) is 29.1. The number of halogens is 1. The Kier molecular flexibility index (Phi) is 9.80. The third kappa shape index (κ3) is 6.78. The summed E-state index contributed by atoms with van der Waals surface area (Å²) in [6, 6.07) is 59.8. The van der Waals surface area contributed by atoms with Crippen LogP contribution in [0.5, 0.6) is 0 Å². The van der Waals surface area contributed by atoms with Crippen LogP contribution in [0.2, 0.25) is 0 Å². The Morgan fingerprint density at radius 1 is 0.661 bits per heavy atom. The van der Waals surface area contributed by atoms with Crippen LogP contribution in [0, 0.1) is 3.57 Å². The van der Waals surface area contributed by atoms with E-state index in [2.05, 4.69) is 176 Å². The number of hydrogen-bond acceptors (Lipinski definition) is 3. The van der Waals surface area contributed by atoms with Crippen LogP contribution >= 0.6 is 11.3 Å². The molecule has 0 saturated carbocycles. The number of aromatic nitrogens is 1. The molecule has 9 aromatic rings. The molecule has 0 amide bonds. The van der Waals surface area contributed by atoms with Crippen molar-refractivity contribution >= 4 is 88.2 Å². The molecule has 0 atom stereocenters. The van der Waals surface area contributed by atoms with E-state index in [0.29, 0.717) is 5.96 Å². The van der Waals surface area contributed by atoms with Crippen molar-refractivity contribution < 1.29 is 21.2 Å². The van der Waals surface area contributed by atoms with Crippen molar-refractivity contribution in [2.75, 3.05) is 0 Å². The van der Waals surface area contributed by atoms with Gasteiger partial charge in [-0.2, -0.15) is 0 Å². The van der Waals surface area contributed by atoms with Gasteiger partial charge in [-0.15, -0.1) is 0 Å². The molecule has 0 fully saturated rings. The first-order valence-electron chi connectivity index (χ1n) is 19.6. The average molecular weight is 890 g/mol. The Balaban J connectivity index is 1.07. The maximum atomic E-state index is 5.45. The fourth-order valence-electron chi connectivity index (χ4n) is 7.90. The molecule has 0 spiro atoms. The zero-order valence-electron chi connectivity index (χ0n) is 32.6. The van der Waals surface area contributed by atoms with E-state index in [1.54, 1.807) is 0 Å². The Morgan fingerprint density at radius 3 is 2.03 bits per heavy atom. The van der Waals surface area contributed by atoms with Gasteiger partial charge in [0.25, 0.3) is 0 Å².